The summed E-state index contributed by atoms with van der Waals surface area (Å²) in [6.45, 7) is 0.435. The van der Waals surface area contributed by atoms with Gasteiger partial charge in [-0.3, -0.25) is 4.79 Å². The molecule has 7 nitrogen and oxygen atoms in total. The minimum absolute atomic E-state index is 0.0196. The second-order valence-electron chi connectivity index (χ2n) is 6.82. The van der Waals surface area contributed by atoms with E-state index < -0.39 is 0 Å². The molecule has 0 bridgehead atoms. The number of amides is 1. The largest absolute Gasteiger partial charge is 0.493 e. The Labute approximate surface area is 191 Å². The minimum atomic E-state index is -0.165. The van der Waals surface area contributed by atoms with E-state index in [1.165, 1.54) is 11.8 Å². The zero-order valence-corrected chi connectivity index (χ0v) is 18.7. The van der Waals surface area contributed by atoms with Crippen molar-refractivity contribution in [2.24, 2.45) is 0 Å². The maximum atomic E-state index is 12.8. The van der Waals surface area contributed by atoms with Gasteiger partial charge in [-0.05, 0) is 41.5 Å². The van der Waals surface area contributed by atoms with Gasteiger partial charge < -0.3 is 24.9 Å². The van der Waals surface area contributed by atoms with Gasteiger partial charge in [-0.15, -0.1) is 11.8 Å². The van der Waals surface area contributed by atoms with Gasteiger partial charge in [0.15, 0.2) is 11.5 Å². The standard InChI is InChI=1S/C19H19NO4S.C5H6N2/c1-23-16-8-7-13(11-17(16)24-2)12-20-18(22)14-5-3-4-6-15(14)19(20)25-10-9-21;6-5-3-1-2-4-7-5/h3-9,11,19H,10,12H2,1-2H3;1-4H,(H2,6,7). The van der Waals surface area contributed by atoms with Gasteiger partial charge in [-0.25, -0.2) is 4.98 Å². The predicted octanol–water partition coefficient (Wildman–Crippen LogP) is 3.95. The molecule has 0 aliphatic carbocycles. The van der Waals surface area contributed by atoms with Crippen molar-refractivity contribution < 1.29 is 19.1 Å². The van der Waals surface area contributed by atoms with Crippen LogP contribution >= 0.6 is 11.8 Å². The molecule has 1 unspecified atom stereocenters. The molecular weight excluding hydrogens is 426 g/mol. The lowest BCUT2D eigenvalue weighted by atomic mass is 10.1. The van der Waals surface area contributed by atoms with Crippen molar-refractivity contribution >= 4 is 29.8 Å². The Kier molecular flexibility index (Phi) is 8.10. The zero-order chi connectivity index (χ0) is 22.9. The monoisotopic (exact) mass is 451 g/mol. The van der Waals surface area contributed by atoms with Crippen LogP contribution in [0.1, 0.15) is 26.9 Å². The molecule has 32 heavy (non-hydrogen) atoms. The summed E-state index contributed by atoms with van der Waals surface area (Å²) in [6.07, 6.45) is 2.53. The number of methoxy groups -OCH3 is 2. The summed E-state index contributed by atoms with van der Waals surface area (Å²) < 4.78 is 10.6. The van der Waals surface area contributed by atoms with E-state index in [-0.39, 0.29) is 11.3 Å². The van der Waals surface area contributed by atoms with Crippen molar-refractivity contribution in [3.05, 3.63) is 83.6 Å². The minimum Gasteiger partial charge on any atom is -0.493 e. The molecule has 2 N–H and O–H groups in total. The molecule has 2 aromatic carbocycles. The first-order valence-corrected chi connectivity index (χ1v) is 11.0. The van der Waals surface area contributed by atoms with Crippen LogP contribution in [0, 0.1) is 0 Å². The number of hydrogen-bond acceptors (Lipinski definition) is 7. The molecule has 3 aromatic rings. The van der Waals surface area contributed by atoms with Gasteiger partial charge in [0, 0.05) is 18.3 Å². The SMILES string of the molecule is COc1ccc(CN2C(=O)c3ccccc3C2SCC=O)cc1OC.Nc1ccccn1. The van der Waals surface area contributed by atoms with Crippen LogP contribution in [0.15, 0.2) is 66.9 Å². The summed E-state index contributed by atoms with van der Waals surface area (Å²) in [7, 11) is 3.17. The number of nitrogens with two attached hydrogens (primary N) is 1. The molecule has 1 aliphatic rings. The number of anilines is 1. The highest BCUT2D eigenvalue weighted by Crippen LogP contribution is 2.42. The number of ether oxygens (including phenoxy) is 2. The highest BCUT2D eigenvalue weighted by atomic mass is 32.2. The summed E-state index contributed by atoms with van der Waals surface area (Å²) in [6, 6.07) is 18.6. The first kappa shape index (κ1) is 23.1. The number of rotatable bonds is 7. The van der Waals surface area contributed by atoms with Crippen molar-refractivity contribution in [1.82, 2.24) is 9.88 Å². The average Bonchev–Trinajstić information content (AvgIpc) is 3.09. The van der Waals surface area contributed by atoms with E-state index in [0.29, 0.717) is 35.2 Å². The highest BCUT2D eigenvalue weighted by molar-refractivity contribution is 8.00. The third-order valence-corrected chi connectivity index (χ3v) is 5.96. The zero-order valence-electron chi connectivity index (χ0n) is 17.9. The molecule has 1 aromatic heterocycles. The fraction of sp³-hybridized carbons (Fsp3) is 0.208. The lowest BCUT2D eigenvalue weighted by molar-refractivity contribution is -0.105. The molecule has 1 atom stereocenters. The van der Waals surface area contributed by atoms with Gasteiger partial charge in [-0.2, -0.15) is 0 Å². The van der Waals surface area contributed by atoms with Crippen molar-refractivity contribution in [2.75, 3.05) is 25.7 Å². The predicted molar refractivity (Wildman–Crippen MR) is 126 cm³/mol. The number of benzene rings is 2. The number of carbonyl (C=O) groups excluding carboxylic acids is 2. The average molecular weight is 452 g/mol. The van der Waals surface area contributed by atoms with Gasteiger partial charge in [0.25, 0.3) is 5.91 Å². The molecule has 0 spiro atoms. The van der Waals surface area contributed by atoms with Crippen LogP contribution < -0.4 is 15.2 Å². The van der Waals surface area contributed by atoms with Gasteiger partial charge in [0.05, 0.1) is 20.0 Å². The fourth-order valence-corrected chi connectivity index (χ4v) is 4.35. The second kappa shape index (κ2) is 11.2. The van der Waals surface area contributed by atoms with Crippen LogP contribution in [0.5, 0.6) is 11.5 Å². The van der Waals surface area contributed by atoms with Crippen LogP contribution in [-0.4, -0.2) is 42.0 Å². The molecule has 0 saturated heterocycles. The lowest BCUT2D eigenvalue weighted by Gasteiger charge is -2.25. The van der Waals surface area contributed by atoms with E-state index in [9.17, 15) is 9.59 Å². The first-order valence-electron chi connectivity index (χ1n) is 9.91. The van der Waals surface area contributed by atoms with Gasteiger partial charge in [0.2, 0.25) is 0 Å². The maximum absolute atomic E-state index is 12.8. The fourth-order valence-electron chi connectivity index (χ4n) is 3.35. The number of aromatic nitrogens is 1. The van der Waals surface area contributed by atoms with Gasteiger partial charge in [-0.1, -0.05) is 30.3 Å². The van der Waals surface area contributed by atoms with E-state index in [2.05, 4.69) is 4.98 Å². The molecule has 0 fully saturated rings. The quantitative estimate of drug-likeness (QED) is 0.544. The van der Waals surface area contributed by atoms with Crippen LogP contribution in [-0.2, 0) is 11.3 Å². The van der Waals surface area contributed by atoms with Gasteiger partial charge >= 0.3 is 0 Å². The number of nitrogens with zero attached hydrogens (tertiary/aromatic N) is 2. The van der Waals surface area contributed by atoms with Gasteiger partial charge in [0.1, 0.15) is 17.5 Å². The molecule has 0 saturated carbocycles. The molecule has 1 aliphatic heterocycles. The van der Waals surface area contributed by atoms with E-state index >= 15 is 0 Å². The smallest absolute Gasteiger partial charge is 0.255 e. The summed E-state index contributed by atoms with van der Waals surface area (Å²) >= 11 is 1.46. The van der Waals surface area contributed by atoms with E-state index in [1.54, 1.807) is 31.4 Å². The maximum Gasteiger partial charge on any atom is 0.255 e. The Bertz CT molecular complexity index is 1060. The topological polar surface area (TPSA) is 94.8 Å². The lowest BCUT2D eigenvalue weighted by Crippen LogP contribution is -2.26. The highest BCUT2D eigenvalue weighted by Gasteiger charge is 2.36. The molecular formula is C24H25N3O4S. The van der Waals surface area contributed by atoms with Crippen molar-refractivity contribution in [3.8, 4) is 11.5 Å². The summed E-state index contributed by atoms with van der Waals surface area (Å²) in [4.78, 5) is 29.2. The van der Waals surface area contributed by atoms with E-state index in [1.807, 2.05) is 54.6 Å². The summed E-state index contributed by atoms with van der Waals surface area (Å²) in [5, 5.41) is -0.165. The number of hydrogen-bond donors (Lipinski definition) is 1. The first-order chi connectivity index (χ1) is 15.6. The number of thioether (sulfide) groups is 1. The number of pyridine rings is 1. The Morgan fingerprint density at radius 1 is 1.06 bits per heavy atom. The number of nitrogen functional groups attached to an aromatic ring is 1. The van der Waals surface area contributed by atoms with Crippen molar-refractivity contribution in [1.29, 1.82) is 0 Å². The number of carbonyl (C=O) groups is 2. The van der Waals surface area contributed by atoms with Crippen LogP contribution in [0.3, 0.4) is 0 Å². The van der Waals surface area contributed by atoms with E-state index in [0.717, 1.165) is 17.4 Å². The normalized spacial score (nSPS) is 14.2. The van der Waals surface area contributed by atoms with Crippen LogP contribution in [0.4, 0.5) is 5.82 Å². The molecule has 1 amide bonds. The third kappa shape index (κ3) is 5.39. The molecule has 0 radical (unpaired) electrons. The Hall–Kier alpha value is -3.52. The molecule has 4 rings (SSSR count). The number of aldehydes is 1. The van der Waals surface area contributed by atoms with Crippen molar-refractivity contribution in [2.45, 2.75) is 11.9 Å². The Morgan fingerprint density at radius 3 is 2.44 bits per heavy atom. The third-order valence-electron chi connectivity index (χ3n) is 4.81. The van der Waals surface area contributed by atoms with Crippen molar-refractivity contribution in [3.63, 3.8) is 0 Å². The second-order valence-corrected chi connectivity index (χ2v) is 7.93. The number of fused-ring (bicyclic) bond motifs is 1. The molecule has 8 heteroatoms. The summed E-state index contributed by atoms with van der Waals surface area (Å²) in [5.41, 5.74) is 7.85. The van der Waals surface area contributed by atoms with Crippen LogP contribution in [0.2, 0.25) is 0 Å². The van der Waals surface area contributed by atoms with E-state index in [4.69, 9.17) is 15.2 Å². The molecule has 166 valence electrons. The summed E-state index contributed by atoms with van der Waals surface area (Å²) in [5.74, 6) is 2.17. The Morgan fingerprint density at radius 2 is 1.81 bits per heavy atom. The van der Waals surface area contributed by atoms with Crippen LogP contribution in [0.25, 0.3) is 0 Å². The molecule has 2 heterocycles. The Balaban J connectivity index is 0.000000352.